The summed E-state index contributed by atoms with van der Waals surface area (Å²) in [5.41, 5.74) is 1.95. The summed E-state index contributed by atoms with van der Waals surface area (Å²) in [7, 11) is 0. The summed E-state index contributed by atoms with van der Waals surface area (Å²) < 4.78 is 10.4. The van der Waals surface area contributed by atoms with Gasteiger partial charge in [-0.2, -0.15) is 0 Å². The van der Waals surface area contributed by atoms with Gasteiger partial charge >= 0.3 is 11.9 Å². The lowest BCUT2D eigenvalue weighted by molar-refractivity contribution is -0.150. The smallest absolute Gasteiger partial charge is 0.323 e. The van der Waals surface area contributed by atoms with Gasteiger partial charge in [-0.25, -0.2) is 0 Å². The number of hydrogen-bond donors (Lipinski definition) is 4. The van der Waals surface area contributed by atoms with Crippen LogP contribution in [-0.4, -0.2) is 82.7 Å². The molecule has 0 bridgehead atoms. The van der Waals surface area contributed by atoms with Crippen LogP contribution in [0.25, 0.3) is 0 Å². The molecule has 4 rings (SSSR count). The monoisotopic (exact) mass is 516 g/mol. The third kappa shape index (κ3) is 11.0. The Morgan fingerprint density at radius 2 is 1.38 bits per heavy atom. The van der Waals surface area contributed by atoms with Crippen molar-refractivity contribution < 1.29 is 34.4 Å². The van der Waals surface area contributed by atoms with Crippen LogP contribution < -0.4 is 5.32 Å². The van der Waals surface area contributed by atoms with E-state index in [1.54, 1.807) is 6.92 Å². The van der Waals surface area contributed by atoms with Crippen LogP contribution in [0.1, 0.15) is 37.8 Å². The number of likely N-dealkylation sites (N-methyl/N-ethyl adjacent to an activating group) is 1. The van der Waals surface area contributed by atoms with Gasteiger partial charge in [0.05, 0.1) is 12.2 Å². The van der Waals surface area contributed by atoms with E-state index in [0.29, 0.717) is 32.5 Å². The van der Waals surface area contributed by atoms with E-state index in [9.17, 15) is 19.8 Å². The first-order valence-corrected chi connectivity index (χ1v) is 12.7. The number of carbonyl (C=O) groups excluding carboxylic acids is 2. The number of nitrogens with one attached hydrogen (secondary N) is 1. The summed E-state index contributed by atoms with van der Waals surface area (Å²) >= 11 is 0. The molecule has 2 aliphatic heterocycles. The number of ether oxygens (including phenoxy) is 2. The second kappa shape index (κ2) is 16.8. The third-order valence-corrected chi connectivity index (χ3v) is 5.90. The average molecular weight is 517 g/mol. The van der Waals surface area contributed by atoms with Gasteiger partial charge in [-0.3, -0.25) is 14.5 Å². The zero-order chi connectivity index (χ0) is 27.0. The number of esters is 2. The quantitative estimate of drug-likeness (QED) is 0.406. The van der Waals surface area contributed by atoms with Crippen molar-refractivity contribution >= 4 is 11.9 Å². The van der Waals surface area contributed by atoms with E-state index in [2.05, 4.69) is 5.32 Å². The molecule has 2 heterocycles. The van der Waals surface area contributed by atoms with Crippen LogP contribution in [0.4, 0.5) is 0 Å². The number of benzene rings is 2. The van der Waals surface area contributed by atoms with Crippen molar-refractivity contribution in [3.8, 4) is 0 Å². The normalized spacial score (nSPS) is 22.7. The maximum absolute atomic E-state index is 12.0. The number of aliphatic hydroxyl groups is 3. The highest BCUT2D eigenvalue weighted by Crippen LogP contribution is 2.19. The Morgan fingerprint density at radius 3 is 1.84 bits per heavy atom. The Bertz CT molecular complexity index is 913. The van der Waals surface area contributed by atoms with E-state index >= 15 is 0 Å². The first kappa shape index (κ1) is 30.4. The highest BCUT2D eigenvalue weighted by molar-refractivity contribution is 5.76. The number of rotatable bonds is 7. The van der Waals surface area contributed by atoms with Gasteiger partial charge in [-0.15, -0.1) is 0 Å². The Hall–Kier alpha value is -2.82. The van der Waals surface area contributed by atoms with Crippen LogP contribution in [0.3, 0.4) is 0 Å². The lowest BCUT2D eigenvalue weighted by Gasteiger charge is -2.20. The predicted octanol–water partition coefficient (Wildman–Crippen LogP) is 1.64. The van der Waals surface area contributed by atoms with Crippen LogP contribution in [0.2, 0.25) is 0 Å². The lowest BCUT2D eigenvalue weighted by Crippen LogP contribution is -2.37. The third-order valence-electron chi connectivity index (χ3n) is 5.90. The van der Waals surface area contributed by atoms with E-state index in [1.807, 2.05) is 72.5 Å². The number of hydrogen-bond acceptors (Lipinski definition) is 9. The SMILES string of the molecule is CCN1CC(O)CC1C(=O)OCc1ccccc1.CCO.O=C(OCc1ccccc1)C1CC(O)CN1. The molecule has 0 aromatic heterocycles. The Kier molecular flexibility index (Phi) is 13.8. The van der Waals surface area contributed by atoms with Crippen molar-refractivity contribution in [3.05, 3.63) is 71.8 Å². The predicted molar refractivity (Wildman–Crippen MR) is 139 cm³/mol. The number of carbonyl (C=O) groups is 2. The molecule has 0 radical (unpaired) electrons. The minimum Gasteiger partial charge on any atom is -0.460 e. The highest BCUT2D eigenvalue weighted by Gasteiger charge is 2.36. The van der Waals surface area contributed by atoms with Crippen LogP contribution in [0, 0.1) is 0 Å². The molecule has 4 N–H and O–H groups in total. The molecule has 2 fully saturated rings. The summed E-state index contributed by atoms with van der Waals surface area (Å²) in [5, 5.41) is 29.3. The van der Waals surface area contributed by atoms with Gasteiger partial charge in [0.2, 0.25) is 0 Å². The van der Waals surface area contributed by atoms with Crippen molar-refractivity contribution in [2.75, 3.05) is 26.2 Å². The largest absolute Gasteiger partial charge is 0.460 e. The van der Waals surface area contributed by atoms with Crippen LogP contribution >= 0.6 is 0 Å². The van der Waals surface area contributed by atoms with E-state index in [-0.39, 0.29) is 37.2 Å². The lowest BCUT2D eigenvalue weighted by atomic mass is 10.2. The highest BCUT2D eigenvalue weighted by atomic mass is 16.5. The molecule has 4 unspecified atom stereocenters. The van der Waals surface area contributed by atoms with Gasteiger partial charge < -0.3 is 30.1 Å². The molecule has 9 nitrogen and oxygen atoms in total. The van der Waals surface area contributed by atoms with Gasteiger partial charge in [0.25, 0.3) is 0 Å². The summed E-state index contributed by atoms with van der Waals surface area (Å²) in [6.45, 7) is 6.27. The van der Waals surface area contributed by atoms with Gasteiger partial charge in [-0.05, 0) is 24.6 Å². The molecule has 2 aromatic carbocycles. The fraction of sp³-hybridized carbons (Fsp3) is 0.500. The van der Waals surface area contributed by atoms with E-state index < -0.39 is 12.2 Å². The van der Waals surface area contributed by atoms with E-state index in [4.69, 9.17) is 14.6 Å². The van der Waals surface area contributed by atoms with Crippen molar-refractivity contribution in [1.82, 2.24) is 10.2 Å². The van der Waals surface area contributed by atoms with Crippen molar-refractivity contribution in [2.45, 2.75) is 64.2 Å². The second-order valence-electron chi connectivity index (χ2n) is 8.85. The molecule has 0 aliphatic carbocycles. The molecule has 0 amide bonds. The maximum atomic E-state index is 12.0. The van der Waals surface area contributed by atoms with Crippen molar-refractivity contribution in [2.24, 2.45) is 0 Å². The molecule has 2 aliphatic rings. The average Bonchev–Trinajstić information content (AvgIpc) is 3.53. The van der Waals surface area contributed by atoms with Crippen molar-refractivity contribution in [3.63, 3.8) is 0 Å². The first-order chi connectivity index (χ1) is 17.9. The van der Waals surface area contributed by atoms with Crippen LogP contribution in [-0.2, 0) is 32.3 Å². The van der Waals surface area contributed by atoms with Crippen LogP contribution in [0.5, 0.6) is 0 Å². The number of likely N-dealkylation sites (tertiary alicyclic amines) is 1. The molecule has 204 valence electrons. The number of β-amino-alcohol motifs (C(OH)–C–C–N with tert-alkyl or cyclic N) is 2. The molecule has 0 saturated carbocycles. The first-order valence-electron chi connectivity index (χ1n) is 12.7. The molecule has 0 spiro atoms. The molecule has 4 atom stereocenters. The van der Waals surface area contributed by atoms with Gasteiger partial charge in [0.1, 0.15) is 25.3 Å². The van der Waals surface area contributed by atoms with E-state index in [0.717, 1.165) is 17.7 Å². The summed E-state index contributed by atoms with van der Waals surface area (Å²) in [6, 6.07) is 18.5. The summed E-state index contributed by atoms with van der Waals surface area (Å²) in [5.74, 6) is -0.530. The van der Waals surface area contributed by atoms with Gasteiger partial charge in [0, 0.05) is 32.5 Å². The zero-order valence-corrected chi connectivity index (χ0v) is 21.7. The fourth-order valence-corrected chi connectivity index (χ4v) is 4.02. The van der Waals surface area contributed by atoms with Gasteiger partial charge in [-0.1, -0.05) is 67.6 Å². The number of nitrogens with zero attached hydrogens (tertiary/aromatic N) is 1. The van der Waals surface area contributed by atoms with E-state index in [1.165, 1.54) is 0 Å². The Morgan fingerprint density at radius 1 is 0.865 bits per heavy atom. The van der Waals surface area contributed by atoms with Crippen LogP contribution in [0.15, 0.2) is 60.7 Å². The minimum atomic E-state index is -0.436. The second-order valence-corrected chi connectivity index (χ2v) is 8.85. The fourth-order valence-electron chi connectivity index (χ4n) is 4.02. The molecular formula is C28H40N2O7. The molecule has 2 saturated heterocycles. The minimum absolute atomic E-state index is 0.239. The maximum Gasteiger partial charge on any atom is 0.323 e. The molecule has 2 aromatic rings. The zero-order valence-electron chi connectivity index (χ0n) is 21.7. The van der Waals surface area contributed by atoms with Crippen molar-refractivity contribution in [1.29, 1.82) is 0 Å². The molecular weight excluding hydrogens is 476 g/mol. The Balaban J connectivity index is 0.000000237. The summed E-state index contributed by atoms with van der Waals surface area (Å²) in [4.78, 5) is 25.5. The topological polar surface area (TPSA) is 129 Å². The Labute approximate surface area is 219 Å². The summed E-state index contributed by atoms with van der Waals surface area (Å²) in [6.07, 6.45) is 0.0586. The number of aliphatic hydroxyl groups excluding tert-OH is 3. The molecule has 9 heteroatoms. The van der Waals surface area contributed by atoms with Gasteiger partial charge in [0.15, 0.2) is 0 Å². The standard InChI is InChI=1S/C14H19NO3.C12H15NO3.C2H6O/c1-2-15-9-12(16)8-13(15)14(17)18-10-11-6-4-3-5-7-11;14-10-6-11(13-7-10)12(15)16-8-9-4-2-1-3-5-9;1-2-3/h3-7,12-13,16H,2,8-10H2,1H3;1-5,10-11,13-14H,6-8H2;3H,2H2,1H3. The molecule has 37 heavy (non-hydrogen) atoms.